The number of ether oxygens (including phenoxy) is 1. The summed E-state index contributed by atoms with van der Waals surface area (Å²) in [6.07, 6.45) is 12.0. The van der Waals surface area contributed by atoms with Crippen molar-refractivity contribution in [3.63, 3.8) is 0 Å². The molecule has 4 fully saturated rings. The minimum atomic E-state index is 0.0346. The molecule has 6 rings (SSSR count). The van der Waals surface area contributed by atoms with Gasteiger partial charge in [-0.25, -0.2) is 0 Å². The number of fused-ring (bicyclic) bond motifs is 6. The zero-order valence-electron chi connectivity index (χ0n) is 21.5. The molecule has 2 saturated heterocycles. The number of carbonyl (C=O) groups is 1. The highest BCUT2D eigenvalue weighted by Gasteiger charge is 2.58. The van der Waals surface area contributed by atoms with Crippen LogP contribution >= 0.6 is 0 Å². The fraction of sp³-hybridized carbons (Fsp3) is 0.828. The second kappa shape index (κ2) is 7.68. The van der Waals surface area contributed by atoms with Gasteiger partial charge in [-0.3, -0.25) is 4.79 Å². The fourth-order valence-electron chi connectivity index (χ4n) is 9.73. The molecule has 1 N–H and O–H groups in total. The van der Waals surface area contributed by atoms with E-state index in [1.807, 2.05) is 6.08 Å². The van der Waals surface area contributed by atoms with E-state index >= 15 is 0 Å². The Bertz CT molecular complexity index is 907. The molecule has 0 aromatic heterocycles. The topological polar surface area (TPSA) is 41.6 Å². The minimum Gasteiger partial charge on any atom is -0.369 e. The van der Waals surface area contributed by atoms with Crippen molar-refractivity contribution in [3.8, 4) is 0 Å². The Morgan fingerprint density at radius 3 is 2.85 bits per heavy atom. The summed E-state index contributed by atoms with van der Waals surface area (Å²) in [5, 5.41) is 3.11. The Labute approximate surface area is 200 Å². The highest BCUT2D eigenvalue weighted by Crippen LogP contribution is 2.63. The first-order valence-corrected chi connectivity index (χ1v) is 13.8. The van der Waals surface area contributed by atoms with Gasteiger partial charge in [0.2, 0.25) is 5.91 Å². The zero-order valence-corrected chi connectivity index (χ0v) is 21.5. The predicted molar refractivity (Wildman–Crippen MR) is 132 cm³/mol. The standard InChI is InChI=1S/C29H44N2O2/c1-17-12-25-27(31(5)16-17)19(3)29(33-25)9-8-21-22-7-6-20-13-26(32)30-11-10-28(20,4)24(22)14-23(21)18(2)15-29/h13,17,19,21-22,24-25,27H,6-12,14-16H2,1-5H3,(H,30,32)/t17-,19+,21-,22-,24-,25+,27-,28-,29-/m0/s1. The highest BCUT2D eigenvalue weighted by atomic mass is 16.5. The maximum atomic E-state index is 12.2. The number of rotatable bonds is 0. The first-order valence-electron chi connectivity index (χ1n) is 13.8. The van der Waals surface area contributed by atoms with Crippen LogP contribution in [-0.2, 0) is 9.53 Å². The normalized spacial score (nSPS) is 50.0. The first kappa shape index (κ1) is 22.3. The van der Waals surface area contributed by atoms with Gasteiger partial charge in [0.25, 0.3) is 0 Å². The number of likely N-dealkylation sites (tertiary alicyclic amines) is 1. The molecule has 2 saturated carbocycles. The van der Waals surface area contributed by atoms with Crippen molar-refractivity contribution in [2.24, 2.45) is 35.0 Å². The second-order valence-corrected chi connectivity index (χ2v) is 13.0. The monoisotopic (exact) mass is 452 g/mol. The van der Waals surface area contributed by atoms with Crippen molar-refractivity contribution < 1.29 is 9.53 Å². The molecule has 182 valence electrons. The van der Waals surface area contributed by atoms with E-state index in [1.165, 1.54) is 44.2 Å². The molecule has 0 radical (unpaired) electrons. The molecule has 4 heteroatoms. The van der Waals surface area contributed by atoms with Gasteiger partial charge in [-0.1, -0.05) is 37.5 Å². The lowest BCUT2D eigenvalue weighted by atomic mass is 9.58. The number of hydrogen-bond donors (Lipinski definition) is 1. The summed E-state index contributed by atoms with van der Waals surface area (Å²) >= 11 is 0. The summed E-state index contributed by atoms with van der Waals surface area (Å²) in [5.74, 6) is 3.67. The Morgan fingerprint density at radius 1 is 1.21 bits per heavy atom. The van der Waals surface area contributed by atoms with Gasteiger partial charge < -0.3 is 15.0 Å². The number of carbonyl (C=O) groups excluding carboxylic acids is 1. The Kier molecular flexibility index (Phi) is 5.20. The summed E-state index contributed by atoms with van der Waals surface area (Å²) in [5.41, 5.74) is 5.07. The molecular weight excluding hydrogens is 408 g/mol. The lowest BCUT2D eigenvalue weighted by Gasteiger charge is -2.46. The average Bonchev–Trinajstić information content (AvgIpc) is 3.14. The van der Waals surface area contributed by atoms with Crippen molar-refractivity contribution in [1.82, 2.24) is 10.2 Å². The molecule has 0 aromatic carbocycles. The molecule has 3 aliphatic carbocycles. The minimum absolute atomic E-state index is 0.0346. The quantitative estimate of drug-likeness (QED) is 0.520. The molecule has 4 nitrogen and oxygen atoms in total. The maximum Gasteiger partial charge on any atom is 0.243 e. The lowest BCUT2D eigenvalue weighted by molar-refractivity contribution is -0.116. The number of hydrogen-bond acceptors (Lipinski definition) is 3. The molecule has 0 bridgehead atoms. The van der Waals surface area contributed by atoms with Gasteiger partial charge in [0.1, 0.15) is 0 Å². The van der Waals surface area contributed by atoms with Crippen LogP contribution in [0.25, 0.3) is 0 Å². The van der Waals surface area contributed by atoms with Crippen LogP contribution in [0.3, 0.4) is 0 Å². The number of likely N-dealkylation sites (N-methyl/N-ethyl adjacent to an activating group) is 1. The van der Waals surface area contributed by atoms with E-state index in [9.17, 15) is 4.79 Å². The predicted octanol–water partition coefficient (Wildman–Crippen LogP) is 5.10. The fourth-order valence-corrected chi connectivity index (χ4v) is 9.73. The number of nitrogens with zero attached hydrogens (tertiary/aromatic N) is 1. The van der Waals surface area contributed by atoms with E-state index in [1.54, 1.807) is 11.1 Å². The lowest BCUT2D eigenvalue weighted by Crippen LogP contribution is -2.49. The van der Waals surface area contributed by atoms with Crippen molar-refractivity contribution >= 4 is 5.91 Å². The average molecular weight is 453 g/mol. The van der Waals surface area contributed by atoms with E-state index in [4.69, 9.17) is 4.74 Å². The highest BCUT2D eigenvalue weighted by molar-refractivity contribution is 5.88. The smallest absolute Gasteiger partial charge is 0.243 e. The third kappa shape index (κ3) is 3.26. The molecule has 33 heavy (non-hydrogen) atoms. The molecule has 0 aromatic rings. The molecule has 6 aliphatic rings. The number of piperidine rings is 1. The molecule has 1 spiro atoms. The van der Waals surface area contributed by atoms with Crippen LogP contribution in [0.2, 0.25) is 0 Å². The molecule has 1 amide bonds. The summed E-state index contributed by atoms with van der Waals surface area (Å²) in [6.45, 7) is 11.8. The van der Waals surface area contributed by atoms with E-state index in [-0.39, 0.29) is 16.9 Å². The van der Waals surface area contributed by atoms with Gasteiger partial charge in [-0.05, 0) is 94.4 Å². The van der Waals surface area contributed by atoms with Gasteiger partial charge in [0.15, 0.2) is 0 Å². The Hall–Kier alpha value is -1.13. The van der Waals surface area contributed by atoms with Gasteiger partial charge in [-0.2, -0.15) is 0 Å². The van der Waals surface area contributed by atoms with Crippen LogP contribution in [0.4, 0.5) is 0 Å². The summed E-state index contributed by atoms with van der Waals surface area (Å²) in [6, 6.07) is 0.585. The van der Waals surface area contributed by atoms with Gasteiger partial charge in [0, 0.05) is 31.1 Å². The number of nitrogens with one attached hydrogen (secondary N) is 1. The molecule has 9 atom stereocenters. The van der Waals surface area contributed by atoms with Crippen LogP contribution in [0.5, 0.6) is 0 Å². The molecule has 3 heterocycles. The van der Waals surface area contributed by atoms with Crippen molar-refractivity contribution in [3.05, 3.63) is 22.8 Å². The van der Waals surface area contributed by atoms with Gasteiger partial charge in [0.05, 0.1) is 11.7 Å². The van der Waals surface area contributed by atoms with Crippen molar-refractivity contribution in [2.75, 3.05) is 20.1 Å². The zero-order chi connectivity index (χ0) is 23.1. The Morgan fingerprint density at radius 2 is 2.03 bits per heavy atom. The molecular formula is C29H44N2O2. The summed E-state index contributed by atoms with van der Waals surface area (Å²) < 4.78 is 7.10. The van der Waals surface area contributed by atoms with Crippen LogP contribution in [0.1, 0.15) is 79.1 Å². The maximum absolute atomic E-state index is 12.2. The SMILES string of the molecule is CC1=C2C[C@H]3[C@@H](CCC4=CC(=O)NCC[C@@]43C)[C@@H]2CC[C@@]2(C1)O[C@@H]1C[C@H](C)CN(C)[C@H]1[C@H]2C. The van der Waals surface area contributed by atoms with Gasteiger partial charge in [-0.15, -0.1) is 0 Å². The van der Waals surface area contributed by atoms with Crippen molar-refractivity contribution in [1.29, 1.82) is 0 Å². The van der Waals surface area contributed by atoms with Crippen LogP contribution in [0.15, 0.2) is 22.8 Å². The van der Waals surface area contributed by atoms with E-state index in [2.05, 4.69) is 45.0 Å². The van der Waals surface area contributed by atoms with Crippen LogP contribution < -0.4 is 5.32 Å². The van der Waals surface area contributed by atoms with Crippen molar-refractivity contribution in [2.45, 2.75) is 96.8 Å². The summed E-state index contributed by atoms with van der Waals surface area (Å²) in [7, 11) is 2.33. The van der Waals surface area contributed by atoms with E-state index in [0.29, 0.717) is 24.0 Å². The molecule has 3 aliphatic heterocycles. The first-order chi connectivity index (χ1) is 15.7. The largest absolute Gasteiger partial charge is 0.369 e. The second-order valence-electron chi connectivity index (χ2n) is 13.0. The third-order valence-corrected chi connectivity index (χ3v) is 11.3. The van der Waals surface area contributed by atoms with Crippen LogP contribution in [-0.4, -0.2) is 48.7 Å². The number of amides is 1. The number of allylic oxidation sites excluding steroid dienone is 2. The molecule has 0 unspecified atom stereocenters. The summed E-state index contributed by atoms with van der Waals surface area (Å²) in [4.78, 5) is 14.8. The van der Waals surface area contributed by atoms with Gasteiger partial charge >= 0.3 is 0 Å². The third-order valence-electron chi connectivity index (χ3n) is 11.3. The van der Waals surface area contributed by atoms with E-state index in [0.717, 1.165) is 43.6 Å². The van der Waals surface area contributed by atoms with E-state index < -0.39 is 0 Å². The Balaban J connectivity index is 1.30. The van der Waals surface area contributed by atoms with Crippen LogP contribution in [0, 0.1) is 35.0 Å².